The molecule has 0 aliphatic carbocycles. The normalized spacial score (nSPS) is 18.9. The molecule has 0 saturated carbocycles. The van der Waals surface area contributed by atoms with Crippen LogP contribution in [0.2, 0.25) is 0 Å². The number of likely N-dealkylation sites (N-methyl/N-ethyl adjacent to an activating group) is 1. The van der Waals surface area contributed by atoms with Gasteiger partial charge in [0.2, 0.25) is 0 Å². The molecule has 3 aromatic rings. The summed E-state index contributed by atoms with van der Waals surface area (Å²) in [7, 11) is 1.87. The van der Waals surface area contributed by atoms with E-state index in [0.717, 1.165) is 11.1 Å². The highest BCUT2D eigenvalue weighted by atomic mass is 16.4. The molecule has 2 unspecified atom stereocenters. The van der Waals surface area contributed by atoms with Gasteiger partial charge in [0.15, 0.2) is 5.78 Å². The highest BCUT2D eigenvalue weighted by Gasteiger charge is 2.42. The van der Waals surface area contributed by atoms with Crippen LogP contribution >= 0.6 is 0 Å². The van der Waals surface area contributed by atoms with E-state index >= 15 is 0 Å². The summed E-state index contributed by atoms with van der Waals surface area (Å²) in [5.41, 5.74) is 2.49. The Kier molecular flexibility index (Phi) is 4.16. The van der Waals surface area contributed by atoms with Gasteiger partial charge >= 0.3 is 5.97 Å². The van der Waals surface area contributed by atoms with Crippen molar-refractivity contribution >= 4 is 17.4 Å². The molecule has 2 atom stereocenters. The fourth-order valence-corrected chi connectivity index (χ4v) is 3.80. The third kappa shape index (κ3) is 2.75. The SMILES string of the molecule is CN1c2cccc(C(=O)O)c2C(=O)C(c2cccnc2)C1c1cccnc1. The Bertz CT molecular complexity index is 1010. The topological polar surface area (TPSA) is 83.4 Å². The lowest BCUT2D eigenvalue weighted by molar-refractivity contribution is 0.0690. The number of aromatic nitrogens is 2. The van der Waals surface area contributed by atoms with Gasteiger partial charge in [0.05, 0.1) is 23.1 Å². The number of carboxylic acid groups (broad SMARTS) is 1. The highest BCUT2D eigenvalue weighted by Crippen LogP contribution is 2.46. The molecule has 3 heterocycles. The lowest BCUT2D eigenvalue weighted by atomic mass is 9.77. The van der Waals surface area contributed by atoms with E-state index in [4.69, 9.17) is 0 Å². The molecule has 1 aliphatic heterocycles. The number of hydrogen-bond acceptors (Lipinski definition) is 5. The van der Waals surface area contributed by atoms with E-state index < -0.39 is 11.9 Å². The van der Waals surface area contributed by atoms with Crippen LogP contribution in [0.5, 0.6) is 0 Å². The molecule has 27 heavy (non-hydrogen) atoms. The molecule has 1 N–H and O–H groups in total. The molecule has 0 radical (unpaired) electrons. The van der Waals surface area contributed by atoms with E-state index in [2.05, 4.69) is 9.97 Å². The zero-order chi connectivity index (χ0) is 19.0. The van der Waals surface area contributed by atoms with Gasteiger partial charge in [-0.15, -0.1) is 0 Å². The van der Waals surface area contributed by atoms with Gasteiger partial charge in [-0.1, -0.05) is 18.2 Å². The van der Waals surface area contributed by atoms with Crippen molar-refractivity contribution in [2.24, 2.45) is 0 Å². The number of aromatic carboxylic acids is 1. The minimum absolute atomic E-state index is 0.0166. The molecule has 6 nitrogen and oxygen atoms in total. The van der Waals surface area contributed by atoms with E-state index in [0.29, 0.717) is 5.69 Å². The number of carbonyl (C=O) groups excluding carboxylic acids is 1. The molecule has 0 saturated heterocycles. The average molecular weight is 359 g/mol. The summed E-state index contributed by atoms with van der Waals surface area (Å²) in [6.07, 6.45) is 6.73. The van der Waals surface area contributed by atoms with Crippen molar-refractivity contribution in [1.29, 1.82) is 0 Å². The fourth-order valence-electron chi connectivity index (χ4n) is 3.80. The second kappa shape index (κ2) is 6.64. The van der Waals surface area contributed by atoms with Crippen molar-refractivity contribution in [2.75, 3.05) is 11.9 Å². The summed E-state index contributed by atoms with van der Waals surface area (Å²) in [5.74, 6) is -1.91. The number of rotatable bonds is 3. The second-order valence-corrected chi connectivity index (χ2v) is 6.48. The zero-order valence-corrected chi connectivity index (χ0v) is 14.6. The molecule has 0 bridgehead atoms. The van der Waals surface area contributed by atoms with Crippen LogP contribution < -0.4 is 4.90 Å². The Morgan fingerprint density at radius 2 is 1.67 bits per heavy atom. The van der Waals surface area contributed by atoms with Crippen LogP contribution in [0.3, 0.4) is 0 Å². The van der Waals surface area contributed by atoms with E-state index in [9.17, 15) is 14.7 Å². The van der Waals surface area contributed by atoms with Crippen LogP contribution in [0.1, 0.15) is 43.8 Å². The Balaban J connectivity index is 1.98. The minimum Gasteiger partial charge on any atom is -0.478 e. The largest absolute Gasteiger partial charge is 0.478 e. The number of pyridine rings is 2. The summed E-state index contributed by atoms with van der Waals surface area (Å²) in [4.78, 5) is 35.6. The lowest BCUT2D eigenvalue weighted by Crippen LogP contribution is -2.39. The maximum atomic E-state index is 13.5. The molecule has 134 valence electrons. The predicted octanol–water partition coefficient (Wildman–Crippen LogP) is 3.33. The number of fused-ring (bicyclic) bond motifs is 1. The number of nitrogens with zero attached hydrogens (tertiary/aromatic N) is 3. The molecule has 1 aliphatic rings. The first kappa shape index (κ1) is 16.9. The predicted molar refractivity (Wildman–Crippen MR) is 100 cm³/mol. The van der Waals surface area contributed by atoms with Gasteiger partial charge in [-0.2, -0.15) is 0 Å². The maximum Gasteiger partial charge on any atom is 0.336 e. The first-order chi connectivity index (χ1) is 13.1. The molecule has 6 heteroatoms. The number of benzene rings is 1. The second-order valence-electron chi connectivity index (χ2n) is 6.48. The lowest BCUT2D eigenvalue weighted by Gasteiger charge is -2.41. The van der Waals surface area contributed by atoms with E-state index in [1.807, 2.05) is 30.1 Å². The summed E-state index contributed by atoms with van der Waals surface area (Å²) in [6, 6.07) is 12.0. The summed E-state index contributed by atoms with van der Waals surface area (Å²) < 4.78 is 0. The number of carboxylic acids is 1. The number of ketones is 1. The number of Topliss-reactive ketones (excluding diaryl/α,β-unsaturated/α-hetero) is 1. The molecule has 0 amide bonds. The number of anilines is 1. The first-order valence-electron chi connectivity index (χ1n) is 8.53. The Hall–Kier alpha value is -3.54. The van der Waals surface area contributed by atoms with Gasteiger partial charge in [-0.3, -0.25) is 14.8 Å². The Labute approximate surface area is 156 Å². The number of hydrogen-bond donors (Lipinski definition) is 1. The molecule has 4 rings (SSSR count). The third-order valence-corrected chi connectivity index (χ3v) is 4.98. The van der Waals surface area contributed by atoms with Gasteiger partial charge in [-0.25, -0.2) is 4.79 Å². The van der Waals surface area contributed by atoms with Crippen molar-refractivity contribution in [2.45, 2.75) is 12.0 Å². The highest BCUT2D eigenvalue weighted by molar-refractivity contribution is 6.14. The van der Waals surface area contributed by atoms with Gasteiger partial charge in [0, 0.05) is 37.5 Å². The maximum absolute atomic E-state index is 13.5. The molecule has 2 aromatic heterocycles. The Morgan fingerprint density at radius 1 is 1.00 bits per heavy atom. The van der Waals surface area contributed by atoms with Crippen molar-refractivity contribution < 1.29 is 14.7 Å². The summed E-state index contributed by atoms with van der Waals surface area (Å²) in [6.45, 7) is 0. The van der Waals surface area contributed by atoms with Crippen molar-refractivity contribution in [1.82, 2.24) is 9.97 Å². The molecule has 0 spiro atoms. The van der Waals surface area contributed by atoms with Crippen molar-refractivity contribution in [3.8, 4) is 0 Å². The van der Waals surface area contributed by atoms with Crippen LogP contribution in [-0.2, 0) is 0 Å². The molecular formula is C21H17N3O3. The first-order valence-corrected chi connectivity index (χ1v) is 8.53. The standard InChI is InChI=1S/C21H17N3O3/c1-24-16-8-2-7-15(21(26)27)18(16)20(25)17(13-5-3-9-22-11-13)19(24)14-6-4-10-23-12-14/h2-12,17,19H,1H3,(H,26,27). The molecule has 1 aromatic carbocycles. The minimum atomic E-state index is -1.11. The van der Waals surface area contributed by atoms with Crippen LogP contribution in [0, 0.1) is 0 Å². The van der Waals surface area contributed by atoms with Gasteiger partial charge in [0.1, 0.15) is 0 Å². The monoisotopic (exact) mass is 359 g/mol. The third-order valence-electron chi connectivity index (χ3n) is 4.98. The summed E-state index contributed by atoms with van der Waals surface area (Å²) in [5, 5.41) is 9.59. The zero-order valence-electron chi connectivity index (χ0n) is 14.6. The van der Waals surface area contributed by atoms with Crippen molar-refractivity contribution in [3.63, 3.8) is 0 Å². The van der Waals surface area contributed by atoms with Crippen molar-refractivity contribution in [3.05, 3.63) is 89.5 Å². The van der Waals surface area contributed by atoms with E-state index in [1.165, 1.54) is 6.07 Å². The number of carbonyl (C=O) groups is 2. The average Bonchev–Trinajstić information content (AvgIpc) is 2.71. The summed E-state index contributed by atoms with van der Waals surface area (Å²) >= 11 is 0. The van der Waals surface area contributed by atoms with Crippen LogP contribution in [0.15, 0.2) is 67.3 Å². The molecule has 0 fully saturated rings. The van der Waals surface area contributed by atoms with Crippen LogP contribution in [0.4, 0.5) is 5.69 Å². The quantitative estimate of drug-likeness (QED) is 0.772. The van der Waals surface area contributed by atoms with Gasteiger partial charge in [-0.05, 0) is 35.4 Å². The Morgan fingerprint density at radius 3 is 2.26 bits per heavy atom. The molecular weight excluding hydrogens is 342 g/mol. The van der Waals surface area contributed by atoms with E-state index in [-0.39, 0.29) is 23.0 Å². The van der Waals surface area contributed by atoms with E-state index in [1.54, 1.807) is 43.0 Å². The fraction of sp³-hybridized carbons (Fsp3) is 0.143. The van der Waals surface area contributed by atoms with Crippen LogP contribution in [-0.4, -0.2) is 33.9 Å². The van der Waals surface area contributed by atoms with Crippen LogP contribution in [0.25, 0.3) is 0 Å². The van der Waals surface area contributed by atoms with Gasteiger partial charge < -0.3 is 10.0 Å². The van der Waals surface area contributed by atoms with Gasteiger partial charge in [0.25, 0.3) is 0 Å². The smallest absolute Gasteiger partial charge is 0.336 e.